The third-order valence-electron chi connectivity index (χ3n) is 5.55. The lowest BCUT2D eigenvalue weighted by Gasteiger charge is -2.35. The van der Waals surface area contributed by atoms with Crippen LogP contribution in [0.15, 0.2) is 47.4 Å². The van der Waals surface area contributed by atoms with E-state index >= 15 is 0 Å². The van der Waals surface area contributed by atoms with Crippen LogP contribution in [0.3, 0.4) is 0 Å². The largest absolute Gasteiger partial charge is 0.469 e. The van der Waals surface area contributed by atoms with E-state index in [0.29, 0.717) is 36.6 Å². The molecule has 2 aromatic carbocycles. The number of hydrogen-bond acceptors (Lipinski definition) is 6. The van der Waals surface area contributed by atoms with Gasteiger partial charge in [0.15, 0.2) is 0 Å². The summed E-state index contributed by atoms with van der Waals surface area (Å²) in [5.74, 6) is -1.18. The fourth-order valence-corrected chi connectivity index (χ4v) is 5.84. The first-order valence-corrected chi connectivity index (χ1v) is 12.7. The van der Waals surface area contributed by atoms with Crippen LogP contribution in [-0.2, 0) is 26.6 Å². The second-order valence-corrected chi connectivity index (χ2v) is 11.1. The molecule has 0 bridgehead atoms. The van der Waals surface area contributed by atoms with Crippen LogP contribution in [0.4, 0.5) is 10.5 Å². The SMILES string of the molecule is COC(=O)CC(C)(C)N(C(N)=O)S(=O)(=O)c1ccc(NC(=O)c2cc3c(Cl)c(Cl)ccc3n2C)cc1. The summed E-state index contributed by atoms with van der Waals surface area (Å²) in [6.07, 6.45) is -0.403. The Hall–Kier alpha value is -3.28. The number of hydrogen-bond donors (Lipinski definition) is 2. The van der Waals surface area contributed by atoms with Gasteiger partial charge in [0.2, 0.25) is 0 Å². The zero-order chi connectivity index (χ0) is 27.0. The molecule has 192 valence electrons. The number of sulfonamides is 1. The maximum atomic E-state index is 13.2. The summed E-state index contributed by atoms with van der Waals surface area (Å²) in [7, 11) is -1.59. The lowest BCUT2D eigenvalue weighted by molar-refractivity contribution is -0.142. The first-order chi connectivity index (χ1) is 16.7. The zero-order valence-corrected chi connectivity index (χ0v) is 22.2. The van der Waals surface area contributed by atoms with Gasteiger partial charge in [0, 0.05) is 23.6 Å². The van der Waals surface area contributed by atoms with Gasteiger partial charge in [-0.15, -0.1) is 0 Å². The summed E-state index contributed by atoms with van der Waals surface area (Å²) in [4.78, 5) is 36.5. The summed E-state index contributed by atoms with van der Waals surface area (Å²) in [5, 5.41) is 3.99. The first-order valence-electron chi connectivity index (χ1n) is 10.5. The maximum absolute atomic E-state index is 13.2. The second kappa shape index (κ2) is 10.00. The van der Waals surface area contributed by atoms with Crippen LogP contribution in [0.1, 0.15) is 30.8 Å². The lowest BCUT2D eigenvalue weighted by atomic mass is 10.0. The highest BCUT2D eigenvalue weighted by Gasteiger charge is 2.41. The van der Waals surface area contributed by atoms with E-state index < -0.39 is 39.9 Å². The van der Waals surface area contributed by atoms with Crippen LogP contribution in [0.25, 0.3) is 10.9 Å². The number of urea groups is 1. The molecule has 0 atom stereocenters. The van der Waals surface area contributed by atoms with Crippen molar-refractivity contribution in [3.8, 4) is 0 Å². The van der Waals surface area contributed by atoms with E-state index in [9.17, 15) is 22.8 Å². The van der Waals surface area contributed by atoms with Gasteiger partial charge < -0.3 is 20.4 Å². The Morgan fingerprint density at radius 1 is 1.11 bits per heavy atom. The van der Waals surface area contributed by atoms with Crippen molar-refractivity contribution in [3.63, 3.8) is 0 Å². The number of ether oxygens (including phenoxy) is 1. The molecule has 3 amide bonds. The lowest BCUT2D eigenvalue weighted by Crippen LogP contribution is -2.54. The molecule has 1 heterocycles. The number of aryl methyl sites for hydroxylation is 1. The fourth-order valence-electron chi connectivity index (χ4n) is 3.82. The molecule has 0 radical (unpaired) electrons. The van der Waals surface area contributed by atoms with Crippen molar-refractivity contribution in [3.05, 3.63) is 58.2 Å². The van der Waals surface area contributed by atoms with E-state index in [1.165, 1.54) is 38.1 Å². The number of amides is 3. The molecule has 0 aliphatic heterocycles. The smallest absolute Gasteiger partial charge is 0.329 e. The van der Waals surface area contributed by atoms with Crippen LogP contribution in [-0.4, -0.2) is 47.8 Å². The van der Waals surface area contributed by atoms with Gasteiger partial charge >= 0.3 is 12.0 Å². The molecule has 0 unspecified atom stereocenters. The number of primary amides is 1. The molecule has 10 nitrogen and oxygen atoms in total. The number of methoxy groups -OCH3 is 1. The molecular weight excluding hydrogens is 531 g/mol. The number of esters is 1. The van der Waals surface area contributed by atoms with Crippen molar-refractivity contribution >= 4 is 67.7 Å². The van der Waals surface area contributed by atoms with Crippen LogP contribution in [0, 0.1) is 0 Å². The average molecular weight is 555 g/mol. The molecule has 0 fully saturated rings. The molecule has 0 spiro atoms. The van der Waals surface area contributed by atoms with E-state index in [1.807, 2.05) is 0 Å². The molecule has 0 saturated carbocycles. The number of rotatable bonds is 7. The normalized spacial score (nSPS) is 11.8. The van der Waals surface area contributed by atoms with Crippen LogP contribution in [0.2, 0.25) is 10.0 Å². The number of nitrogens with two attached hydrogens (primary N) is 1. The third-order valence-corrected chi connectivity index (χ3v) is 8.39. The van der Waals surface area contributed by atoms with Crippen molar-refractivity contribution in [1.82, 2.24) is 8.87 Å². The van der Waals surface area contributed by atoms with E-state index in [1.54, 1.807) is 29.8 Å². The molecule has 3 N–H and O–H groups in total. The van der Waals surface area contributed by atoms with Crippen molar-refractivity contribution in [1.29, 1.82) is 0 Å². The van der Waals surface area contributed by atoms with Crippen LogP contribution >= 0.6 is 23.2 Å². The van der Waals surface area contributed by atoms with E-state index in [0.717, 1.165) is 7.11 Å². The van der Waals surface area contributed by atoms with Gasteiger partial charge in [-0.25, -0.2) is 17.5 Å². The number of carbonyl (C=O) groups excluding carboxylic acids is 3. The highest BCUT2D eigenvalue weighted by atomic mass is 35.5. The number of nitrogens with zero attached hydrogens (tertiary/aromatic N) is 2. The molecule has 1 aromatic heterocycles. The minimum absolute atomic E-state index is 0.261. The van der Waals surface area contributed by atoms with E-state index in [2.05, 4.69) is 10.1 Å². The number of benzene rings is 2. The number of anilines is 1. The molecule has 13 heteroatoms. The number of halogens is 2. The standard InChI is InChI=1S/C23H24Cl2N4O6S/c1-23(2,12-19(30)35-4)29(22(26)32)36(33,34)14-7-5-13(6-8-14)27-21(31)18-11-15-17(28(18)3)10-9-16(24)20(15)25/h5-11H,12H2,1-4H3,(H2,26,32)(H,27,31). The van der Waals surface area contributed by atoms with Gasteiger partial charge in [0.25, 0.3) is 15.9 Å². The van der Waals surface area contributed by atoms with Crippen LogP contribution < -0.4 is 11.1 Å². The topological polar surface area (TPSA) is 141 Å². The molecular formula is C23H24Cl2N4O6S. The number of carbonyl (C=O) groups is 3. The second-order valence-electron chi connectivity index (χ2n) is 8.53. The minimum Gasteiger partial charge on any atom is -0.469 e. The van der Waals surface area contributed by atoms with Crippen molar-refractivity contribution in [2.75, 3.05) is 12.4 Å². The number of nitrogens with one attached hydrogen (secondary N) is 1. The molecule has 36 heavy (non-hydrogen) atoms. The zero-order valence-electron chi connectivity index (χ0n) is 19.8. The monoisotopic (exact) mass is 554 g/mol. The Balaban J connectivity index is 1.88. The molecule has 0 saturated heterocycles. The fraction of sp³-hybridized carbons (Fsp3) is 0.261. The van der Waals surface area contributed by atoms with E-state index in [-0.39, 0.29) is 4.90 Å². The third kappa shape index (κ3) is 5.13. The summed E-state index contributed by atoms with van der Waals surface area (Å²) >= 11 is 12.3. The summed E-state index contributed by atoms with van der Waals surface area (Å²) in [6, 6.07) is 8.89. The summed E-state index contributed by atoms with van der Waals surface area (Å²) in [5.41, 5.74) is 5.18. The molecule has 0 aliphatic carbocycles. The van der Waals surface area contributed by atoms with Crippen molar-refractivity contribution in [2.24, 2.45) is 12.8 Å². The van der Waals surface area contributed by atoms with Crippen LogP contribution in [0.5, 0.6) is 0 Å². The Kier molecular flexibility index (Phi) is 7.58. The molecule has 3 aromatic rings. The van der Waals surface area contributed by atoms with Gasteiger partial charge in [-0.3, -0.25) is 9.59 Å². The Bertz CT molecular complexity index is 1470. The van der Waals surface area contributed by atoms with Gasteiger partial charge in [-0.1, -0.05) is 23.2 Å². The summed E-state index contributed by atoms with van der Waals surface area (Å²) < 4.78 is 33.1. The highest BCUT2D eigenvalue weighted by Crippen LogP contribution is 2.33. The molecule has 3 rings (SSSR count). The van der Waals surface area contributed by atoms with Gasteiger partial charge in [0.05, 0.1) is 34.0 Å². The Morgan fingerprint density at radius 3 is 2.28 bits per heavy atom. The predicted molar refractivity (Wildman–Crippen MR) is 137 cm³/mol. The summed E-state index contributed by atoms with van der Waals surface area (Å²) in [6.45, 7) is 2.76. The van der Waals surface area contributed by atoms with E-state index in [4.69, 9.17) is 28.9 Å². The predicted octanol–water partition coefficient (Wildman–Crippen LogP) is 4.15. The van der Waals surface area contributed by atoms with Crippen molar-refractivity contribution < 1.29 is 27.5 Å². The number of fused-ring (bicyclic) bond motifs is 1. The average Bonchev–Trinajstić information content (AvgIpc) is 3.12. The molecule has 0 aliphatic rings. The minimum atomic E-state index is -4.44. The van der Waals surface area contributed by atoms with Gasteiger partial charge in [0.1, 0.15) is 5.69 Å². The Labute approximate surface area is 217 Å². The highest BCUT2D eigenvalue weighted by molar-refractivity contribution is 7.89. The quantitative estimate of drug-likeness (QED) is 0.420. The first kappa shape index (κ1) is 27.3. The maximum Gasteiger partial charge on any atom is 0.329 e. The Morgan fingerprint density at radius 2 is 1.72 bits per heavy atom. The van der Waals surface area contributed by atoms with Gasteiger partial charge in [-0.05, 0) is 56.3 Å². The number of aromatic nitrogens is 1. The van der Waals surface area contributed by atoms with Gasteiger partial charge in [-0.2, -0.15) is 0 Å². The van der Waals surface area contributed by atoms with Crippen molar-refractivity contribution in [2.45, 2.75) is 30.7 Å².